The molecule has 1 aromatic heterocycles. The molecule has 3 N–H and O–H groups in total. The standard InChI is InChI=1S/C18H17F6N3O4S3/c1-32-6-4-13(15(28)25-26-16(29)14-3-2-5-33-14)27-34(30,31)12-8-10(17(19,20)21)7-11(9-12)18(22,23)24/h2-3,5,7-9,13,27H,4,6H2,1H3,(H,25,28)(H,26,29)/t13-/m0/s1. The summed E-state index contributed by atoms with van der Waals surface area (Å²) in [5.41, 5.74) is 0.409. The largest absolute Gasteiger partial charge is 0.416 e. The lowest BCUT2D eigenvalue weighted by molar-refractivity contribution is -0.143. The van der Waals surface area contributed by atoms with Gasteiger partial charge < -0.3 is 0 Å². The van der Waals surface area contributed by atoms with Crippen LogP contribution in [0.1, 0.15) is 27.2 Å². The van der Waals surface area contributed by atoms with Crippen molar-refractivity contribution in [3.05, 3.63) is 51.7 Å². The molecule has 2 amide bonds. The molecule has 0 saturated heterocycles. The van der Waals surface area contributed by atoms with Gasteiger partial charge in [0.15, 0.2) is 0 Å². The molecular weight excluding hydrogens is 532 g/mol. The number of amides is 2. The fourth-order valence-electron chi connectivity index (χ4n) is 2.49. The number of thiophene rings is 1. The normalized spacial score (nSPS) is 13.4. The van der Waals surface area contributed by atoms with E-state index in [0.29, 0.717) is 0 Å². The predicted molar refractivity (Wildman–Crippen MR) is 113 cm³/mol. The van der Waals surface area contributed by atoms with Crippen molar-refractivity contribution in [3.63, 3.8) is 0 Å². The zero-order chi connectivity index (χ0) is 25.7. The molecular formula is C18H17F6N3O4S3. The molecule has 0 aliphatic heterocycles. The Balaban J connectivity index is 2.31. The molecule has 2 rings (SSSR count). The first-order valence-corrected chi connectivity index (χ1v) is 12.9. The zero-order valence-electron chi connectivity index (χ0n) is 17.1. The van der Waals surface area contributed by atoms with Gasteiger partial charge in [0.25, 0.3) is 11.8 Å². The minimum atomic E-state index is -5.26. The summed E-state index contributed by atoms with van der Waals surface area (Å²) in [6, 6.07) is 1.29. The van der Waals surface area contributed by atoms with E-state index in [0.717, 1.165) is 11.3 Å². The first-order chi connectivity index (χ1) is 15.6. The van der Waals surface area contributed by atoms with Crippen LogP contribution in [0.3, 0.4) is 0 Å². The second-order valence-electron chi connectivity index (χ2n) is 6.62. The number of halogens is 6. The Morgan fingerprint density at radius 2 is 1.62 bits per heavy atom. The van der Waals surface area contributed by atoms with E-state index < -0.39 is 56.3 Å². The van der Waals surface area contributed by atoms with Crippen LogP contribution in [0.15, 0.2) is 40.6 Å². The molecule has 1 aromatic carbocycles. The lowest BCUT2D eigenvalue weighted by Gasteiger charge is -2.20. The van der Waals surface area contributed by atoms with E-state index in [2.05, 4.69) is 5.43 Å². The van der Waals surface area contributed by atoms with E-state index in [1.165, 1.54) is 17.8 Å². The van der Waals surface area contributed by atoms with Crippen molar-refractivity contribution in [3.8, 4) is 0 Å². The smallest absolute Gasteiger partial charge is 0.271 e. The number of alkyl halides is 6. The number of hydrogen-bond acceptors (Lipinski definition) is 6. The summed E-state index contributed by atoms with van der Waals surface area (Å²) in [4.78, 5) is 23.3. The van der Waals surface area contributed by atoms with Gasteiger partial charge in [-0.3, -0.25) is 20.4 Å². The molecule has 2 aromatic rings. The van der Waals surface area contributed by atoms with Crippen molar-refractivity contribution >= 4 is 44.9 Å². The number of hydrazine groups is 1. The topological polar surface area (TPSA) is 104 Å². The highest BCUT2D eigenvalue weighted by Gasteiger charge is 2.39. The van der Waals surface area contributed by atoms with Gasteiger partial charge >= 0.3 is 12.4 Å². The number of hydrogen-bond donors (Lipinski definition) is 3. The molecule has 0 saturated carbocycles. The van der Waals surface area contributed by atoms with Crippen LogP contribution in [0.2, 0.25) is 0 Å². The molecule has 0 spiro atoms. The molecule has 1 atom stereocenters. The third-order valence-electron chi connectivity index (χ3n) is 4.14. The highest BCUT2D eigenvalue weighted by Crippen LogP contribution is 2.37. The molecule has 1 heterocycles. The second-order valence-corrected chi connectivity index (χ2v) is 10.3. The molecule has 0 unspecified atom stereocenters. The van der Waals surface area contributed by atoms with Crippen molar-refractivity contribution < 1.29 is 44.3 Å². The maximum absolute atomic E-state index is 13.1. The molecule has 7 nitrogen and oxygen atoms in total. The van der Waals surface area contributed by atoms with Crippen LogP contribution in [-0.2, 0) is 27.2 Å². The number of benzene rings is 1. The quantitative estimate of drug-likeness (QED) is 0.345. The summed E-state index contributed by atoms with van der Waals surface area (Å²) in [6.07, 6.45) is -9.06. The Morgan fingerprint density at radius 3 is 2.09 bits per heavy atom. The lowest BCUT2D eigenvalue weighted by atomic mass is 10.1. The predicted octanol–water partition coefficient (Wildman–Crippen LogP) is 3.65. The van der Waals surface area contributed by atoms with Gasteiger partial charge in [-0.15, -0.1) is 11.3 Å². The summed E-state index contributed by atoms with van der Waals surface area (Å²) in [6.45, 7) is 0. The van der Waals surface area contributed by atoms with Crippen molar-refractivity contribution in [1.82, 2.24) is 15.6 Å². The average molecular weight is 550 g/mol. The summed E-state index contributed by atoms with van der Waals surface area (Å²) >= 11 is 2.26. The van der Waals surface area contributed by atoms with Crippen LogP contribution >= 0.6 is 23.1 Å². The minimum absolute atomic E-state index is 0.0413. The van der Waals surface area contributed by atoms with Gasteiger partial charge in [0.2, 0.25) is 10.0 Å². The van der Waals surface area contributed by atoms with Crippen LogP contribution in [0, 0.1) is 0 Å². The van der Waals surface area contributed by atoms with E-state index in [-0.39, 0.29) is 35.2 Å². The SMILES string of the molecule is CSCC[C@H](NS(=O)(=O)c1cc(C(F)(F)F)cc(C(F)(F)F)c1)C(=O)NNC(=O)c1cccs1. The molecule has 0 aliphatic rings. The molecule has 0 bridgehead atoms. The van der Waals surface area contributed by atoms with Gasteiger partial charge in [-0.2, -0.15) is 42.8 Å². The second kappa shape index (κ2) is 11.0. The van der Waals surface area contributed by atoms with Crippen molar-refractivity contribution in [2.75, 3.05) is 12.0 Å². The van der Waals surface area contributed by atoms with Crippen molar-refractivity contribution in [2.45, 2.75) is 29.7 Å². The molecule has 34 heavy (non-hydrogen) atoms. The van der Waals surface area contributed by atoms with Crippen molar-refractivity contribution in [2.24, 2.45) is 0 Å². The van der Waals surface area contributed by atoms with E-state index in [1.807, 2.05) is 10.1 Å². The van der Waals surface area contributed by atoms with E-state index in [4.69, 9.17) is 0 Å². The Morgan fingerprint density at radius 1 is 1.03 bits per heavy atom. The van der Waals surface area contributed by atoms with Crippen LogP contribution < -0.4 is 15.6 Å². The van der Waals surface area contributed by atoms with E-state index >= 15 is 0 Å². The molecule has 188 valence electrons. The van der Waals surface area contributed by atoms with Crippen LogP contribution in [-0.4, -0.2) is 38.3 Å². The van der Waals surface area contributed by atoms with Gasteiger partial charge in [0.1, 0.15) is 6.04 Å². The first-order valence-electron chi connectivity index (χ1n) is 9.09. The van der Waals surface area contributed by atoms with Gasteiger partial charge in [0, 0.05) is 0 Å². The molecule has 0 radical (unpaired) electrons. The van der Waals surface area contributed by atoms with Crippen LogP contribution in [0.5, 0.6) is 0 Å². The van der Waals surface area contributed by atoms with Gasteiger partial charge in [-0.1, -0.05) is 6.07 Å². The Kier molecular flexibility index (Phi) is 9.01. The monoisotopic (exact) mass is 549 g/mol. The fraction of sp³-hybridized carbons (Fsp3) is 0.333. The maximum Gasteiger partial charge on any atom is 0.416 e. The van der Waals surface area contributed by atoms with E-state index in [1.54, 1.807) is 17.7 Å². The number of sulfonamides is 1. The maximum atomic E-state index is 13.1. The average Bonchev–Trinajstić information content (AvgIpc) is 3.28. The fourth-order valence-corrected chi connectivity index (χ4v) is 4.88. The Labute approximate surface area is 198 Å². The lowest BCUT2D eigenvalue weighted by Crippen LogP contribution is -2.52. The number of carbonyl (C=O) groups is 2. The summed E-state index contributed by atoms with van der Waals surface area (Å²) in [5, 5.41) is 1.59. The first kappa shape index (κ1) is 27.9. The minimum Gasteiger partial charge on any atom is -0.271 e. The third kappa shape index (κ3) is 7.61. The number of thioether (sulfide) groups is 1. The van der Waals surface area contributed by atoms with E-state index in [9.17, 15) is 44.3 Å². The molecule has 0 aliphatic carbocycles. The highest BCUT2D eigenvalue weighted by molar-refractivity contribution is 7.98. The van der Waals surface area contributed by atoms with Gasteiger partial charge in [-0.25, -0.2) is 8.42 Å². The van der Waals surface area contributed by atoms with Crippen LogP contribution in [0.4, 0.5) is 26.3 Å². The molecule has 0 fully saturated rings. The number of rotatable bonds is 8. The number of carbonyl (C=O) groups excluding carboxylic acids is 2. The third-order valence-corrected chi connectivity index (χ3v) is 7.10. The van der Waals surface area contributed by atoms with Gasteiger partial charge in [0.05, 0.1) is 20.9 Å². The highest BCUT2D eigenvalue weighted by atomic mass is 32.2. The summed E-state index contributed by atoms with van der Waals surface area (Å²) in [7, 11) is -5.01. The molecule has 16 heteroatoms. The Hall–Kier alpha value is -2.30. The zero-order valence-corrected chi connectivity index (χ0v) is 19.5. The summed E-state index contributed by atoms with van der Waals surface area (Å²) in [5.74, 6) is -1.57. The Bertz CT molecular complexity index is 1090. The van der Waals surface area contributed by atoms with Crippen LogP contribution in [0.25, 0.3) is 0 Å². The van der Waals surface area contributed by atoms with Gasteiger partial charge in [-0.05, 0) is 48.1 Å². The van der Waals surface area contributed by atoms with Crippen molar-refractivity contribution in [1.29, 1.82) is 0 Å². The summed E-state index contributed by atoms with van der Waals surface area (Å²) < 4.78 is 106. The number of nitrogens with one attached hydrogen (secondary N) is 3.